The number of hydrogen-bond acceptors (Lipinski definition) is 6. The van der Waals surface area contributed by atoms with Crippen molar-refractivity contribution in [1.29, 1.82) is 0 Å². The van der Waals surface area contributed by atoms with E-state index >= 15 is 0 Å². The molecule has 0 aliphatic carbocycles. The molecule has 3 aliphatic heterocycles. The first-order valence-corrected chi connectivity index (χ1v) is 10.8. The smallest absolute Gasteiger partial charge is 0.261 e. The number of halogens is 1. The molecule has 0 saturated carbocycles. The van der Waals surface area contributed by atoms with E-state index in [4.69, 9.17) is 0 Å². The number of amides is 2. The topological polar surface area (TPSA) is 94.6 Å². The normalized spacial score (nSPS) is 22.6. The van der Waals surface area contributed by atoms with Gasteiger partial charge in [0.05, 0.1) is 20.9 Å². The molecule has 3 aliphatic rings. The fourth-order valence-corrected chi connectivity index (χ4v) is 4.66. The third-order valence-corrected chi connectivity index (χ3v) is 6.46. The summed E-state index contributed by atoms with van der Waals surface area (Å²) in [4.78, 5) is 30.3. The van der Waals surface area contributed by atoms with Crippen molar-refractivity contribution in [3.05, 3.63) is 57.1 Å². The molecule has 4 N–H and O–H groups in total. The lowest BCUT2D eigenvalue weighted by Crippen LogP contribution is -2.37. The van der Waals surface area contributed by atoms with Crippen LogP contribution in [-0.2, 0) is 9.59 Å². The molecule has 2 amide bonds. The lowest BCUT2D eigenvalue weighted by atomic mass is 10.1. The maximum atomic E-state index is 12.7. The molecular weight excluding hydrogens is 454 g/mol. The summed E-state index contributed by atoms with van der Waals surface area (Å²) in [6, 6.07) is 5.46. The van der Waals surface area contributed by atoms with Crippen molar-refractivity contribution in [2.24, 2.45) is 4.99 Å². The van der Waals surface area contributed by atoms with E-state index in [-0.39, 0.29) is 23.2 Å². The van der Waals surface area contributed by atoms with Crippen LogP contribution in [0.25, 0.3) is 0 Å². The molecule has 1 aromatic rings. The molecule has 2 unspecified atom stereocenters. The highest BCUT2D eigenvalue weighted by Crippen LogP contribution is 2.34. The first kappa shape index (κ1) is 19.9. The molecular formula is C20H20BrN5O2S. The molecule has 3 heterocycles. The summed E-state index contributed by atoms with van der Waals surface area (Å²) >= 11 is 4.84. The molecule has 4 rings (SSSR count). The summed E-state index contributed by atoms with van der Waals surface area (Å²) in [5.41, 5.74) is 2.77. The van der Waals surface area contributed by atoms with Crippen LogP contribution in [0.4, 0.5) is 11.4 Å². The summed E-state index contributed by atoms with van der Waals surface area (Å²) < 4.78 is 0.767. The number of nitrogens with one attached hydrogen (secondary N) is 4. The van der Waals surface area contributed by atoms with Crippen LogP contribution in [0.15, 0.2) is 56.5 Å². The Balaban J connectivity index is 1.45. The number of rotatable bonds is 4. The van der Waals surface area contributed by atoms with Crippen LogP contribution in [0.5, 0.6) is 0 Å². The largest absolute Gasteiger partial charge is 0.376 e. The van der Waals surface area contributed by atoms with Gasteiger partial charge in [-0.2, -0.15) is 0 Å². The van der Waals surface area contributed by atoms with Gasteiger partial charge in [-0.05, 0) is 52.7 Å². The Hall–Kier alpha value is -2.36. The standard InChI is InChI=1S/C20H20BrN5O2S/c1-11-2-3-13(25-18(27)12-4-5-23-17(21)8-12)9-14(11)26-19(28)16-10-15-20(29-16)24-7-6-22-15/h2-4,6,8-10,15,20,23-24H,5,7H2,1H3,(H,25,27)(H,26,28). The van der Waals surface area contributed by atoms with Crippen LogP contribution in [0.3, 0.4) is 0 Å². The fraction of sp³-hybridized carbons (Fsp3) is 0.250. The second-order valence-electron chi connectivity index (χ2n) is 6.77. The summed E-state index contributed by atoms with van der Waals surface area (Å²) in [6.07, 6.45) is 7.27. The zero-order valence-electron chi connectivity index (χ0n) is 15.7. The first-order valence-electron chi connectivity index (χ1n) is 9.18. The van der Waals surface area contributed by atoms with Crippen molar-refractivity contribution in [3.8, 4) is 0 Å². The number of fused-ring (bicyclic) bond motifs is 1. The highest BCUT2D eigenvalue weighted by molar-refractivity contribution is 9.11. The van der Waals surface area contributed by atoms with Crippen molar-refractivity contribution in [3.63, 3.8) is 0 Å². The summed E-state index contributed by atoms with van der Waals surface area (Å²) in [6.45, 7) is 3.22. The molecule has 1 aromatic carbocycles. The molecule has 0 spiro atoms. The van der Waals surface area contributed by atoms with Crippen LogP contribution in [0, 0.1) is 6.92 Å². The van der Waals surface area contributed by atoms with E-state index in [1.165, 1.54) is 11.8 Å². The van der Waals surface area contributed by atoms with Gasteiger partial charge in [0.25, 0.3) is 11.8 Å². The Kier molecular flexibility index (Phi) is 5.89. The van der Waals surface area contributed by atoms with Gasteiger partial charge in [-0.25, -0.2) is 0 Å². The monoisotopic (exact) mass is 473 g/mol. The minimum atomic E-state index is -0.202. The third-order valence-electron chi connectivity index (χ3n) is 4.68. The van der Waals surface area contributed by atoms with E-state index in [1.807, 2.05) is 37.4 Å². The van der Waals surface area contributed by atoms with Crippen LogP contribution in [-0.4, -0.2) is 42.5 Å². The maximum Gasteiger partial charge on any atom is 0.261 e. The average molecular weight is 474 g/mol. The van der Waals surface area contributed by atoms with E-state index in [9.17, 15) is 9.59 Å². The van der Waals surface area contributed by atoms with Gasteiger partial charge in [0.2, 0.25) is 0 Å². The molecule has 29 heavy (non-hydrogen) atoms. The van der Waals surface area contributed by atoms with Crippen molar-refractivity contribution in [1.82, 2.24) is 10.6 Å². The van der Waals surface area contributed by atoms with Gasteiger partial charge in [0, 0.05) is 36.3 Å². The molecule has 9 heteroatoms. The quantitative estimate of drug-likeness (QED) is 0.504. The Labute approximate surface area is 181 Å². The number of aliphatic imine (C=N–C) groups is 1. The van der Waals surface area contributed by atoms with E-state index in [0.29, 0.717) is 28.4 Å². The van der Waals surface area contributed by atoms with Crippen molar-refractivity contribution < 1.29 is 9.59 Å². The van der Waals surface area contributed by atoms with Gasteiger partial charge >= 0.3 is 0 Å². The predicted molar refractivity (Wildman–Crippen MR) is 121 cm³/mol. The van der Waals surface area contributed by atoms with E-state index in [0.717, 1.165) is 16.7 Å². The zero-order chi connectivity index (χ0) is 20.4. The van der Waals surface area contributed by atoms with E-state index in [2.05, 4.69) is 42.2 Å². The lowest BCUT2D eigenvalue weighted by Gasteiger charge is -2.19. The number of nitrogens with zero attached hydrogens (tertiary/aromatic N) is 1. The number of thioether (sulfide) groups is 1. The molecule has 150 valence electrons. The molecule has 0 aromatic heterocycles. The van der Waals surface area contributed by atoms with Crippen molar-refractivity contribution in [2.45, 2.75) is 18.3 Å². The second kappa shape index (κ2) is 8.56. The molecule has 0 fully saturated rings. The Morgan fingerprint density at radius 3 is 2.90 bits per heavy atom. The second-order valence-corrected chi connectivity index (χ2v) is 8.81. The number of aryl methyl sites for hydroxylation is 1. The van der Waals surface area contributed by atoms with Crippen molar-refractivity contribution >= 4 is 57.1 Å². The summed E-state index contributed by atoms with van der Waals surface area (Å²) in [7, 11) is 0. The van der Waals surface area contributed by atoms with Crippen molar-refractivity contribution in [2.75, 3.05) is 23.7 Å². The van der Waals surface area contributed by atoms with Gasteiger partial charge in [-0.1, -0.05) is 23.9 Å². The van der Waals surface area contributed by atoms with E-state index in [1.54, 1.807) is 12.1 Å². The number of benzene rings is 1. The van der Waals surface area contributed by atoms with Crippen LogP contribution in [0.1, 0.15) is 5.56 Å². The third kappa shape index (κ3) is 4.63. The molecule has 0 bridgehead atoms. The summed E-state index contributed by atoms with van der Waals surface area (Å²) in [5, 5.41) is 12.3. The first-order chi connectivity index (χ1) is 14.0. The minimum absolute atomic E-state index is 0.00754. The van der Waals surface area contributed by atoms with Crippen LogP contribution in [0.2, 0.25) is 0 Å². The van der Waals surface area contributed by atoms with E-state index < -0.39 is 0 Å². The molecule has 0 saturated heterocycles. The van der Waals surface area contributed by atoms with Gasteiger partial charge in [0.1, 0.15) is 0 Å². The average Bonchev–Trinajstić information content (AvgIpc) is 3.15. The fourth-order valence-electron chi connectivity index (χ4n) is 3.13. The SMILES string of the molecule is Cc1ccc(NC(=O)C2=CCNC(Br)=C2)cc1NC(=O)C1=CC2N=CCNC2S1. The van der Waals surface area contributed by atoms with Gasteiger partial charge < -0.3 is 16.0 Å². The van der Waals surface area contributed by atoms with Gasteiger partial charge in [-0.15, -0.1) is 0 Å². The Morgan fingerprint density at radius 2 is 2.10 bits per heavy atom. The number of anilines is 2. The Morgan fingerprint density at radius 1 is 1.24 bits per heavy atom. The highest BCUT2D eigenvalue weighted by atomic mass is 79.9. The zero-order valence-corrected chi connectivity index (χ0v) is 18.1. The minimum Gasteiger partial charge on any atom is -0.376 e. The highest BCUT2D eigenvalue weighted by Gasteiger charge is 2.32. The number of carbonyl (C=O) groups is 2. The molecule has 0 radical (unpaired) electrons. The van der Waals surface area contributed by atoms with Crippen LogP contribution >= 0.6 is 27.7 Å². The lowest BCUT2D eigenvalue weighted by molar-refractivity contribution is -0.113. The Bertz CT molecular complexity index is 985. The predicted octanol–water partition coefficient (Wildman–Crippen LogP) is 2.64. The van der Waals surface area contributed by atoms with Crippen LogP contribution < -0.4 is 21.3 Å². The number of hydrogen-bond donors (Lipinski definition) is 4. The van der Waals surface area contributed by atoms with Gasteiger partial charge in [0.15, 0.2) is 0 Å². The number of dihydropyridines is 1. The maximum absolute atomic E-state index is 12.7. The molecule has 2 atom stereocenters. The number of carbonyl (C=O) groups excluding carboxylic acids is 2. The summed E-state index contributed by atoms with van der Waals surface area (Å²) in [5.74, 6) is -0.368. The van der Waals surface area contributed by atoms with Gasteiger partial charge in [-0.3, -0.25) is 19.9 Å². The molecule has 7 nitrogen and oxygen atoms in total.